The summed E-state index contributed by atoms with van der Waals surface area (Å²) in [6, 6.07) is 9.50. The SMILES string of the molecule is CC(=O)N1CCN(S(=O)(=O)CCCN2[C@@H]3CCC[C@@]2(NC(=O)c2cc4ccccc4n(C(C)C)c2=O)CC3)CC1. The van der Waals surface area contributed by atoms with Gasteiger partial charge in [-0.05, 0) is 69.9 Å². The Morgan fingerprint density at radius 2 is 1.80 bits per heavy atom. The van der Waals surface area contributed by atoms with Crippen LogP contribution in [0, 0.1) is 0 Å². The Hall–Kier alpha value is -2.76. The molecule has 3 aliphatic heterocycles. The fraction of sp³-hybridized carbons (Fsp3) is 0.621. The van der Waals surface area contributed by atoms with Gasteiger partial charge in [-0.3, -0.25) is 19.3 Å². The Kier molecular flexibility index (Phi) is 8.09. The van der Waals surface area contributed by atoms with Gasteiger partial charge in [0, 0.05) is 51.7 Å². The zero-order chi connectivity index (χ0) is 28.7. The van der Waals surface area contributed by atoms with Crippen molar-refractivity contribution >= 4 is 32.7 Å². The maximum Gasteiger partial charge on any atom is 0.264 e. The number of amides is 2. The van der Waals surface area contributed by atoms with E-state index in [1.807, 2.05) is 38.1 Å². The van der Waals surface area contributed by atoms with Crippen LogP contribution in [0.15, 0.2) is 35.1 Å². The van der Waals surface area contributed by atoms with E-state index in [1.165, 1.54) is 11.2 Å². The Labute approximate surface area is 236 Å². The quantitative estimate of drug-likeness (QED) is 0.521. The molecule has 0 aliphatic carbocycles. The molecule has 3 saturated heterocycles. The van der Waals surface area contributed by atoms with E-state index < -0.39 is 15.7 Å². The third-order valence-corrected chi connectivity index (χ3v) is 10.9. The summed E-state index contributed by atoms with van der Waals surface area (Å²) in [5, 5.41) is 4.11. The second-order valence-electron chi connectivity index (χ2n) is 11.7. The van der Waals surface area contributed by atoms with Crippen LogP contribution in [0.5, 0.6) is 0 Å². The number of para-hydroxylation sites is 1. The zero-order valence-electron chi connectivity index (χ0n) is 23.8. The van der Waals surface area contributed by atoms with E-state index in [0.29, 0.717) is 45.2 Å². The number of benzene rings is 1. The second kappa shape index (κ2) is 11.3. The second-order valence-corrected chi connectivity index (χ2v) is 13.8. The van der Waals surface area contributed by atoms with Crippen LogP contribution in [-0.4, -0.2) is 89.1 Å². The minimum Gasteiger partial charge on any atom is -0.340 e. The van der Waals surface area contributed by atoms with E-state index in [1.54, 1.807) is 15.5 Å². The van der Waals surface area contributed by atoms with Gasteiger partial charge in [0.25, 0.3) is 11.5 Å². The number of hydrogen-bond acceptors (Lipinski definition) is 6. The van der Waals surface area contributed by atoms with Crippen molar-refractivity contribution < 1.29 is 18.0 Å². The van der Waals surface area contributed by atoms with Gasteiger partial charge in [-0.15, -0.1) is 0 Å². The van der Waals surface area contributed by atoms with Gasteiger partial charge in [0.15, 0.2) is 0 Å². The van der Waals surface area contributed by atoms with E-state index in [4.69, 9.17) is 0 Å². The lowest BCUT2D eigenvalue weighted by molar-refractivity contribution is -0.129. The minimum absolute atomic E-state index is 0.0308. The lowest BCUT2D eigenvalue weighted by atomic mass is 9.95. The monoisotopic (exact) mass is 571 g/mol. The molecule has 2 bridgehead atoms. The molecule has 218 valence electrons. The summed E-state index contributed by atoms with van der Waals surface area (Å²) in [7, 11) is -3.44. The van der Waals surface area contributed by atoms with Crippen LogP contribution in [0.1, 0.15) is 75.7 Å². The zero-order valence-corrected chi connectivity index (χ0v) is 24.6. The van der Waals surface area contributed by atoms with Crippen molar-refractivity contribution in [1.29, 1.82) is 0 Å². The van der Waals surface area contributed by atoms with Crippen LogP contribution in [0.4, 0.5) is 0 Å². The van der Waals surface area contributed by atoms with E-state index in [-0.39, 0.29) is 34.7 Å². The normalized spacial score (nSPS) is 24.1. The fourth-order valence-corrected chi connectivity index (χ4v) is 8.39. The van der Waals surface area contributed by atoms with Gasteiger partial charge in [0.1, 0.15) is 5.56 Å². The Balaban J connectivity index is 1.30. The smallest absolute Gasteiger partial charge is 0.264 e. The van der Waals surface area contributed by atoms with Crippen LogP contribution < -0.4 is 10.9 Å². The lowest BCUT2D eigenvalue weighted by Gasteiger charge is -2.45. The summed E-state index contributed by atoms with van der Waals surface area (Å²) in [4.78, 5) is 42.8. The first kappa shape index (κ1) is 28.8. The fourth-order valence-electron chi connectivity index (χ4n) is 6.91. The number of fused-ring (bicyclic) bond motifs is 3. The van der Waals surface area contributed by atoms with Crippen molar-refractivity contribution in [3.05, 3.63) is 46.2 Å². The standard InChI is InChI=1S/C29H41N5O5S/c1-21(2)34-26-10-5-4-8-23(26)20-25(28(34)37)27(36)30-29-12-6-9-24(11-13-29)33(29)14-7-19-40(38,39)32-17-15-31(16-18-32)22(3)35/h4-5,8,10,20-21,24H,6-7,9,11-19H2,1-3H3,(H,30,36)/t24-,29+/m1/s1. The molecule has 0 unspecified atom stereocenters. The lowest BCUT2D eigenvalue weighted by Crippen LogP contribution is -2.61. The van der Waals surface area contributed by atoms with E-state index in [2.05, 4.69) is 10.2 Å². The van der Waals surface area contributed by atoms with Gasteiger partial charge >= 0.3 is 0 Å². The first-order chi connectivity index (χ1) is 19.0. The number of hydrogen-bond donors (Lipinski definition) is 1. The number of carbonyl (C=O) groups is 2. The van der Waals surface area contributed by atoms with Gasteiger partial charge in [0.2, 0.25) is 15.9 Å². The van der Waals surface area contributed by atoms with Crippen LogP contribution in [-0.2, 0) is 14.8 Å². The molecule has 1 N–H and O–H groups in total. The van der Waals surface area contributed by atoms with Crippen molar-refractivity contribution in [2.24, 2.45) is 0 Å². The molecule has 2 atom stereocenters. The van der Waals surface area contributed by atoms with Crippen molar-refractivity contribution in [2.75, 3.05) is 38.5 Å². The highest BCUT2D eigenvalue weighted by Gasteiger charge is 2.49. The molecular formula is C29H41N5O5S. The van der Waals surface area contributed by atoms with Crippen molar-refractivity contribution in [2.45, 2.75) is 77.0 Å². The maximum absolute atomic E-state index is 13.7. The number of nitrogens with zero attached hydrogens (tertiary/aromatic N) is 4. The Morgan fingerprint density at radius 3 is 2.50 bits per heavy atom. The molecule has 2 amide bonds. The molecule has 3 aliphatic rings. The van der Waals surface area contributed by atoms with Crippen molar-refractivity contribution in [1.82, 2.24) is 24.0 Å². The predicted molar refractivity (Wildman–Crippen MR) is 155 cm³/mol. The molecule has 5 rings (SSSR count). The van der Waals surface area contributed by atoms with Crippen molar-refractivity contribution in [3.8, 4) is 0 Å². The maximum atomic E-state index is 13.7. The summed E-state index contributed by atoms with van der Waals surface area (Å²) in [6.45, 7) is 7.45. The molecule has 0 spiro atoms. The Bertz CT molecular complexity index is 1440. The highest BCUT2D eigenvalue weighted by atomic mass is 32.2. The summed E-state index contributed by atoms with van der Waals surface area (Å²) >= 11 is 0. The molecule has 3 fully saturated rings. The number of aromatic nitrogens is 1. The summed E-state index contributed by atoms with van der Waals surface area (Å²) < 4.78 is 29.3. The topological polar surface area (TPSA) is 112 Å². The summed E-state index contributed by atoms with van der Waals surface area (Å²) in [6.07, 6.45) is 4.96. The molecule has 1 aromatic carbocycles. The van der Waals surface area contributed by atoms with Crippen molar-refractivity contribution in [3.63, 3.8) is 0 Å². The number of sulfonamides is 1. The highest BCUT2D eigenvalue weighted by molar-refractivity contribution is 7.89. The number of carbonyl (C=O) groups excluding carboxylic acids is 2. The third kappa shape index (κ3) is 5.43. The van der Waals surface area contributed by atoms with E-state index in [0.717, 1.165) is 43.0 Å². The van der Waals surface area contributed by atoms with E-state index in [9.17, 15) is 22.8 Å². The van der Waals surface area contributed by atoms with Crippen LogP contribution >= 0.6 is 0 Å². The minimum atomic E-state index is -3.44. The average Bonchev–Trinajstić information content (AvgIpc) is 3.10. The number of pyridine rings is 1. The number of piperidine rings is 1. The number of piperazine rings is 1. The Morgan fingerprint density at radius 1 is 1.07 bits per heavy atom. The summed E-state index contributed by atoms with van der Waals surface area (Å²) in [5.41, 5.74) is 0.0808. The molecule has 1 aromatic heterocycles. The van der Waals surface area contributed by atoms with Gasteiger partial charge in [-0.2, -0.15) is 4.31 Å². The average molecular weight is 572 g/mol. The molecule has 4 heterocycles. The third-order valence-electron chi connectivity index (χ3n) is 8.94. The highest BCUT2D eigenvalue weighted by Crippen LogP contribution is 2.42. The molecule has 11 heteroatoms. The first-order valence-corrected chi connectivity index (χ1v) is 16.1. The molecule has 0 radical (unpaired) electrons. The van der Waals surface area contributed by atoms with Crippen LogP contribution in [0.2, 0.25) is 0 Å². The van der Waals surface area contributed by atoms with Gasteiger partial charge in [-0.1, -0.05) is 18.2 Å². The van der Waals surface area contributed by atoms with Gasteiger partial charge < -0.3 is 14.8 Å². The number of nitrogens with one attached hydrogen (secondary N) is 1. The first-order valence-electron chi connectivity index (χ1n) is 14.5. The summed E-state index contributed by atoms with van der Waals surface area (Å²) in [5.74, 6) is -0.366. The molecule has 10 nitrogen and oxygen atoms in total. The largest absolute Gasteiger partial charge is 0.340 e. The molecular weight excluding hydrogens is 530 g/mol. The van der Waals surface area contributed by atoms with E-state index >= 15 is 0 Å². The van der Waals surface area contributed by atoms with Gasteiger partial charge in [-0.25, -0.2) is 8.42 Å². The van der Waals surface area contributed by atoms with Gasteiger partial charge in [0.05, 0.1) is 16.9 Å². The van der Waals surface area contributed by atoms with Crippen LogP contribution in [0.25, 0.3) is 10.9 Å². The molecule has 2 aromatic rings. The molecule has 0 saturated carbocycles. The number of rotatable bonds is 8. The predicted octanol–water partition coefficient (Wildman–Crippen LogP) is 2.54. The molecule has 40 heavy (non-hydrogen) atoms. The van der Waals surface area contributed by atoms with Crippen LogP contribution in [0.3, 0.4) is 0 Å².